The van der Waals surface area contributed by atoms with Gasteiger partial charge in [0, 0.05) is 18.9 Å². The third kappa shape index (κ3) is 3.19. The van der Waals surface area contributed by atoms with Crippen LogP contribution in [0.15, 0.2) is 24.3 Å². The van der Waals surface area contributed by atoms with Gasteiger partial charge in [0.05, 0.1) is 17.7 Å². The minimum atomic E-state index is -4.41. The monoisotopic (exact) mass is 275 g/mol. The highest BCUT2D eigenvalue weighted by molar-refractivity contribution is 5.54. The molecule has 19 heavy (non-hydrogen) atoms. The van der Waals surface area contributed by atoms with Crippen molar-refractivity contribution in [2.24, 2.45) is 0 Å². The number of aliphatic hydroxyl groups excluding tert-OH is 1. The molecule has 0 radical (unpaired) electrons. The van der Waals surface area contributed by atoms with Crippen LogP contribution in [-0.2, 0) is 10.9 Å². The van der Waals surface area contributed by atoms with E-state index in [1.165, 1.54) is 12.1 Å². The SMILES string of the molecule is OCC1(Nc2ccccc2C(F)(F)F)CCOCC1. The zero-order valence-electron chi connectivity index (χ0n) is 10.3. The van der Waals surface area contributed by atoms with Crippen molar-refractivity contribution in [3.8, 4) is 0 Å². The Labute approximate surface area is 109 Å². The van der Waals surface area contributed by atoms with Crippen molar-refractivity contribution in [1.82, 2.24) is 0 Å². The van der Waals surface area contributed by atoms with Crippen LogP contribution in [0.5, 0.6) is 0 Å². The molecular formula is C13H16F3NO2. The fourth-order valence-corrected chi connectivity index (χ4v) is 2.21. The summed E-state index contributed by atoms with van der Waals surface area (Å²) < 4.78 is 43.9. The average molecular weight is 275 g/mol. The van der Waals surface area contributed by atoms with Crippen molar-refractivity contribution in [3.05, 3.63) is 29.8 Å². The van der Waals surface area contributed by atoms with E-state index in [1.54, 1.807) is 6.07 Å². The number of hydrogen-bond donors (Lipinski definition) is 2. The van der Waals surface area contributed by atoms with Gasteiger partial charge in [-0.15, -0.1) is 0 Å². The predicted molar refractivity (Wildman–Crippen MR) is 64.9 cm³/mol. The minimum Gasteiger partial charge on any atom is -0.394 e. The maximum atomic E-state index is 12.9. The molecule has 0 aliphatic carbocycles. The van der Waals surface area contributed by atoms with Gasteiger partial charge in [-0.1, -0.05) is 12.1 Å². The second-order valence-corrected chi connectivity index (χ2v) is 4.72. The highest BCUT2D eigenvalue weighted by Gasteiger charge is 2.37. The predicted octanol–water partition coefficient (Wildman–Crippen LogP) is 2.66. The second kappa shape index (κ2) is 5.38. The normalized spacial score (nSPS) is 19.2. The van der Waals surface area contributed by atoms with Gasteiger partial charge in [-0.2, -0.15) is 13.2 Å². The summed E-state index contributed by atoms with van der Waals surface area (Å²) in [6, 6.07) is 5.31. The van der Waals surface area contributed by atoms with E-state index in [-0.39, 0.29) is 12.3 Å². The number of anilines is 1. The zero-order chi connectivity index (χ0) is 13.9. The van der Waals surface area contributed by atoms with Gasteiger partial charge in [0.2, 0.25) is 0 Å². The Hall–Kier alpha value is -1.27. The third-order valence-electron chi connectivity index (χ3n) is 3.38. The molecule has 1 saturated heterocycles. The van der Waals surface area contributed by atoms with Crippen molar-refractivity contribution in [1.29, 1.82) is 0 Å². The Morgan fingerprint density at radius 2 is 1.84 bits per heavy atom. The molecule has 2 rings (SSSR count). The van der Waals surface area contributed by atoms with E-state index in [9.17, 15) is 18.3 Å². The van der Waals surface area contributed by atoms with Crippen LogP contribution in [0.1, 0.15) is 18.4 Å². The van der Waals surface area contributed by atoms with Crippen LogP contribution in [0.25, 0.3) is 0 Å². The number of nitrogens with one attached hydrogen (secondary N) is 1. The number of aliphatic hydroxyl groups is 1. The van der Waals surface area contributed by atoms with Crippen LogP contribution in [0.2, 0.25) is 0 Å². The Kier molecular flexibility index (Phi) is 4.01. The maximum absolute atomic E-state index is 12.9. The summed E-state index contributed by atoms with van der Waals surface area (Å²) in [5.74, 6) is 0. The highest BCUT2D eigenvalue weighted by Crippen LogP contribution is 2.37. The van der Waals surface area contributed by atoms with Gasteiger partial charge in [-0.3, -0.25) is 0 Å². The third-order valence-corrected chi connectivity index (χ3v) is 3.38. The summed E-state index contributed by atoms with van der Waals surface area (Å²) in [5.41, 5.74) is -1.44. The van der Waals surface area contributed by atoms with E-state index in [2.05, 4.69) is 5.32 Å². The molecule has 106 valence electrons. The lowest BCUT2D eigenvalue weighted by Gasteiger charge is -2.37. The highest BCUT2D eigenvalue weighted by atomic mass is 19.4. The van der Waals surface area contributed by atoms with E-state index in [1.807, 2.05) is 0 Å². The molecule has 1 aromatic rings. The molecule has 0 atom stereocenters. The molecule has 0 unspecified atom stereocenters. The molecule has 6 heteroatoms. The van der Waals surface area contributed by atoms with Gasteiger partial charge < -0.3 is 15.2 Å². The second-order valence-electron chi connectivity index (χ2n) is 4.72. The summed E-state index contributed by atoms with van der Waals surface area (Å²) in [6.07, 6.45) is -3.45. The fraction of sp³-hybridized carbons (Fsp3) is 0.538. The van der Waals surface area contributed by atoms with Gasteiger partial charge in [-0.25, -0.2) is 0 Å². The molecule has 1 fully saturated rings. The lowest BCUT2D eigenvalue weighted by Crippen LogP contribution is -2.47. The summed E-state index contributed by atoms with van der Waals surface area (Å²) >= 11 is 0. The molecule has 1 aliphatic rings. The first-order valence-corrected chi connectivity index (χ1v) is 6.10. The molecule has 0 saturated carbocycles. The topological polar surface area (TPSA) is 41.5 Å². The average Bonchev–Trinajstić information content (AvgIpc) is 2.39. The number of halogens is 3. The number of rotatable bonds is 3. The number of benzene rings is 1. The zero-order valence-corrected chi connectivity index (χ0v) is 10.3. The molecule has 3 nitrogen and oxygen atoms in total. The Bertz CT molecular complexity index is 428. The smallest absolute Gasteiger partial charge is 0.394 e. The van der Waals surface area contributed by atoms with E-state index >= 15 is 0 Å². The number of para-hydroxylation sites is 1. The first kappa shape index (κ1) is 14.1. The van der Waals surface area contributed by atoms with Gasteiger partial charge in [-0.05, 0) is 25.0 Å². The lowest BCUT2D eigenvalue weighted by atomic mass is 9.90. The van der Waals surface area contributed by atoms with E-state index in [0.29, 0.717) is 26.1 Å². The van der Waals surface area contributed by atoms with Crippen LogP contribution in [0.4, 0.5) is 18.9 Å². The molecule has 0 spiro atoms. The molecule has 2 N–H and O–H groups in total. The summed E-state index contributed by atoms with van der Waals surface area (Å²) in [6.45, 7) is 0.645. The van der Waals surface area contributed by atoms with Crippen LogP contribution in [0.3, 0.4) is 0 Å². The van der Waals surface area contributed by atoms with Crippen molar-refractivity contribution in [2.75, 3.05) is 25.1 Å². The maximum Gasteiger partial charge on any atom is 0.418 e. The first-order valence-electron chi connectivity index (χ1n) is 6.10. The van der Waals surface area contributed by atoms with Gasteiger partial charge in [0.1, 0.15) is 0 Å². The molecule has 1 heterocycles. The van der Waals surface area contributed by atoms with Crippen molar-refractivity contribution >= 4 is 5.69 Å². The molecule has 0 bridgehead atoms. The van der Waals surface area contributed by atoms with Crippen molar-refractivity contribution in [3.63, 3.8) is 0 Å². The van der Waals surface area contributed by atoms with Crippen LogP contribution >= 0.6 is 0 Å². The summed E-state index contributed by atoms with van der Waals surface area (Å²) in [4.78, 5) is 0. The van der Waals surface area contributed by atoms with E-state index in [4.69, 9.17) is 4.74 Å². The molecule has 1 aliphatic heterocycles. The van der Waals surface area contributed by atoms with Crippen molar-refractivity contribution in [2.45, 2.75) is 24.6 Å². The van der Waals surface area contributed by atoms with Gasteiger partial charge in [0.25, 0.3) is 0 Å². The lowest BCUT2D eigenvalue weighted by molar-refractivity contribution is -0.137. The Morgan fingerprint density at radius 3 is 2.42 bits per heavy atom. The Morgan fingerprint density at radius 1 is 1.21 bits per heavy atom. The molecule has 0 amide bonds. The molecular weight excluding hydrogens is 259 g/mol. The van der Waals surface area contributed by atoms with Crippen LogP contribution in [0, 0.1) is 0 Å². The van der Waals surface area contributed by atoms with Gasteiger partial charge >= 0.3 is 6.18 Å². The minimum absolute atomic E-state index is 0.00551. The van der Waals surface area contributed by atoms with E-state index in [0.717, 1.165) is 6.07 Å². The van der Waals surface area contributed by atoms with Crippen LogP contribution < -0.4 is 5.32 Å². The standard InChI is InChI=1S/C13H16F3NO2/c14-13(15,16)10-3-1-2-4-11(10)17-12(9-18)5-7-19-8-6-12/h1-4,17-18H,5-9H2. The van der Waals surface area contributed by atoms with Gasteiger partial charge in [0.15, 0.2) is 0 Å². The number of ether oxygens (including phenoxy) is 1. The molecule has 1 aromatic carbocycles. The number of hydrogen-bond acceptors (Lipinski definition) is 3. The van der Waals surface area contributed by atoms with Crippen LogP contribution in [-0.4, -0.2) is 30.5 Å². The Balaban J connectivity index is 2.27. The fourth-order valence-electron chi connectivity index (χ4n) is 2.21. The summed E-state index contributed by atoms with van der Waals surface area (Å²) in [5, 5.41) is 12.4. The first-order chi connectivity index (χ1) is 8.97. The molecule has 0 aromatic heterocycles. The van der Waals surface area contributed by atoms with E-state index < -0.39 is 17.3 Å². The number of alkyl halides is 3. The van der Waals surface area contributed by atoms with Crippen molar-refractivity contribution < 1.29 is 23.0 Å². The quantitative estimate of drug-likeness (QED) is 0.891. The largest absolute Gasteiger partial charge is 0.418 e. The summed E-state index contributed by atoms with van der Waals surface area (Å²) in [7, 11) is 0.